The van der Waals surface area contributed by atoms with Crippen LogP contribution in [0.4, 0.5) is 10.6 Å². The first-order chi connectivity index (χ1) is 8.08. The zero-order chi connectivity index (χ0) is 12.4. The van der Waals surface area contributed by atoms with E-state index in [9.17, 15) is 4.79 Å². The first-order valence-corrected chi connectivity index (χ1v) is 5.38. The zero-order valence-electron chi connectivity index (χ0n) is 9.50. The van der Waals surface area contributed by atoms with E-state index in [-0.39, 0.29) is 6.04 Å². The van der Waals surface area contributed by atoms with E-state index < -0.39 is 6.09 Å². The van der Waals surface area contributed by atoms with Gasteiger partial charge in [-0.25, -0.2) is 4.79 Å². The van der Waals surface area contributed by atoms with Gasteiger partial charge in [-0.1, -0.05) is 6.08 Å². The first kappa shape index (κ1) is 11.4. The summed E-state index contributed by atoms with van der Waals surface area (Å²) in [7, 11) is 0. The molecule has 1 atom stereocenters. The lowest BCUT2D eigenvalue weighted by molar-refractivity contribution is 0.136. The van der Waals surface area contributed by atoms with Gasteiger partial charge in [0.2, 0.25) is 0 Å². The lowest BCUT2D eigenvalue weighted by Gasteiger charge is -2.29. The number of anilines is 1. The molecular formula is C11H14N4O2. The molecule has 1 unspecified atom stereocenters. The summed E-state index contributed by atoms with van der Waals surface area (Å²) < 4.78 is 0. The van der Waals surface area contributed by atoms with E-state index in [2.05, 4.69) is 10.2 Å². The van der Waals surface area contributed by atoms with Crippen molar-refractivity contribution in [3.8, 4) is 0 Å². The Labute approximate surface area is 98.8 Å². The first-order valence-electron chi connectivity index (χ1n) is 5.38. The van der Waals surface area contributed by atoms with E-state index in [1.807, 2.05) is 13.0 Å². The van der Waals surface area contributed by atoms with E-state index in [1.54, 1.807) is 12.1 Å². The maximum Gasteiger partial charge on any atom is 0.407 e. The molecule has 2 rings (SSSR count). The molecule has 0 saturated carbocycles. The van der Waals surface area contributed by atoms with Crippen LogP contribution in [0.5, 0.6) is 0 Å². The molecule has 1 aromatic heterocycles. The maximum absolute atomic E-state index is 10.9. The summed E-state index contributed by atoms with van der Waals surface area (Å²) >= 11 is 0. The smallest absolute Gasteiger partial charge is 0.407 e. The number of rotatable bonds is 1. The molecule has 0 fully saturated rings. The third-order valence-corrected chi connectivity index (χ3v) is 2.82. The summed E-state index contributed by atoms with van der Waals surface area (Å²) in [6.07, 6.45) is 1.66. The largest absolute Gasteiger partial charge is 0.465 e. The van der Waals surface area contributed by atoms with E-state index >= 15 is 0 Å². The molecule has 1 aliphatic heterocycles. The fourth-order valence-electron chi connectivity index (χ4n) is 1.91. The van der Waals surface area contributed by atoms with Gasteiger partial charge < -0.3 is 15.7 Å². The molecule has 3 N–H and O–H groups in total. The number of nitrogens with zero attached hydrogens (tertiary/aromatic N) is 3. The number of hydrogen-bond donors (Lipinski definition) is 2. The second-order valence-electron chi connectivity index (χ2n) is 4.00. The number of nitrogens with two attached hydrogens (primary N) is 1. The lowest BCUT2D eigenvalue weighted by Crippen LogP contribution is -2.39. The minimum atomic E-state index is -0.892. The highest BCUT2D eigenvalue weighted by Gasteiger charge is 2.23. The van der Waals surface area contributed by atoms with E-state index in [0.29, 0.717) is 18.8 Å². The van der Waals surface area contributed by atoms with Crippen LogP contribution in [0.1, 0.15) is 19.0 Å². The molecule has 6 heteroatoms. The van der Waals surface area contributed by atoms with Crippen LogP contribution in [-0.2, 0) is 0 Å². The van der Waals surface area contributed by atoms with Gasteiger partial charge in [0.15, 0.2) is 0 Å². The summed E-state index contributed by atoms with van der Waals surface area (Å²) in [5, 5.41) is 16.7. The van der Waals surface area contributed by atoms with Crippen molar-refractivity contribution in [3.63, 3.8) is 0 Å². The fourth-order valence-corrected chi connectivity index (χ4v) is 1.91. The van der Waals surface area contributed by atoms with Crippen molar-refractivity contribution in [2.75, 3.05) is 12.3 Å². The summed E-state index contributed by atoms with van der Waals surface area (Å²) in [4.78, 5) is 12.3. The SMILES string of the molecule is CC1C=C(c2ccc(N)nn2)CCN1C(=O)O. The maximum atomic E-state index is 10.9. The number of amides is 1. The average molecular weight is 234 g/mol. The van der Waals surface area contributed by atoms with E-state index in [4.69, 9.17) is 10.8 Å². The molecule has 6 nitrogen and oxygen atoms in total. The minimum absolute atomic E-state index is 0.143. The Morgan fingerprint density at radius 3 is 2.82 bits per heavy atom. The van der Waals surface area contributed by atoms with Gasteiger partial charge in [0, 0.05) is 6.54 Å². The van der Waals surface area contributed by atoms with Gasteiger partial charge in [-0.2, -0.15) is 0 Å². The highest BCUT2D eigenvalue weighted by atomic mass is 16.4. The van der Waals surface area contributed by atoms with Crippen molar-refractivity contribution in [2.45, 2.75) is 19.4 Å². The van der Waals surface area contributed by atoms with E-state index in [0.717, 1.165) is 11.3 Å². The predicted octanol–water partition coefficient (Wildman–Crippen LogP) is 1.21. The standard InChI is InChI=1S/C11H14N4O2/c1-7-6-8(4-5-15(7)11(16)17)9-2-3-10(12)14-13-9/h2-3,6-7H,4-5H2,1H3,(H2,12,14)(H,16,17). The van der Waals surface area contributed by atoms with Crippen molar-refractivity contribution in [1.29, 1.82) is 0 Å². The van der Waals surface area contributed by atoms with Crippen LogP contribution in [0.2, 0.25) is 0 Å². The number of aromatic nitrogens is 2. The molecule has 0 aromatic carbocycles. The highest BCUT2D eigenvalue weighted by molar-refractivity contribution is 5.70. The van der Waals surface area contributed by atoms with Crippen molar-refractivity contribution < 1.29 is 9.90 Å². The quantitative estimate of drug-likeness (QED) is 0.762. The van der Waals surface area contributed by atoms with Crippen LogP contribution < -0.4 is 5.73 Å². The molecule has 0 saturated heterocycles. The molecular weight excluding hydrogens is 220 g/mol. The van der Waals surface area contributed by atoms with Crippen LogP contribution in [0.3, 0.4) is 0 Å². The van der Waals surface area contributed by atoms with Crippen molar-refractivity contribution >= 4 is 17.5 Å². The molecule has 17 heavy (non-hydrogen) atoms. The number of hydrogen-bond acceptors (Lipinski definition) is 4. The Morgan fingerprint density at radius 2 is 2.29 bits per heavy atom. The van der Waals surface area contributed by atoms with Gasteiger partial charge in [-0.15, -0.1) is 10.2 Å². The van der Waals surface area contributed by atoms with Gasteiger partial charge in [0.1, 0.15) is 5.82 Å². The topological polar surface area (TPSA) is 92.3 Å². The zero-order valence-corrected chi connectivity index (χ0v) is 9.50. The third kappa shape index (κ3) is 2.35. The molecule has 1 amide bonds. The van der Waals surface area contributed by atoms with E-state index in [1.165, 1.54) is 4.90 Å². The third-order valence-electron chi connectivity index (χ3n) is 2.82. The van der Waals surface area contributed by atoms with Crippen molar-refractivity contribution in [3.05, 3.63) is 23.9 Å². The van der Waals surface area contributed by atoms with Crippen molar-refractivity contribution in [2.24, 2.45) is 0 Å². The number of carbonyl (C=O) groups is 1. The second kappa shape index (κ2) is 4.40. The monoisotopic (exact) mass is 234 g/mol. The van der Waals surface area contributed by atoms with Gasteiger partial charge >= 0.3 is 6.09 Å². The van der Waals surface area contributed by atoms with Crippen LogP contribution >= 0.6 is 0 Å². The van der Waals surface area contributed by atoms with Gasteiger partial charge in [0.25, 0.3) is 0 Å². The van der Waals surface area contributed by atoms with Gasteiger partial charge in [-0.3, -0.25) is 0 Å². The number of nitrogen functional groups attached to an aromatic ring is 1. The normalized spacial score (nSPS) is 19.9. The fraction of sp³-hybridized carbons (Fsp3) is 0.364. The molecule has 0 aliphatic carbocycles. The molecule has 0 radical (unpaired) electrons. The van der Waals surface area contributed by atoms with Crippen LogP contribution in [0.15, 0.2) is 18.2 Å². The Morgan fingerprint density at radius 1 is 1.53 bits per heavy atom. The molecule has 2 heterocycles. The molecule has 90 valence electrons. The van der Waals surface area contributed by atoms with Crippen LogP contribution in [0, 0.1) is 0 Å². The Balaban J connectivity index is 2.22. The minimum Gasteiger partial charge on any atom is -0.465 e. The van der Waals surface area contributed by atoms with Gasteiger partial charge in [-0.05, 0) is 31.1 Å². The number of carboxylic acid groups (broad SMARTS) is 1. The van der Waals surface area contributed by atoms with Crippen LogP contribution in [-0.4, -0.2) is 38.9 Å². The van der Waals surface area contributed by atoms with Crippen LogP contribution in [0.25, 0.3) is 5.57 Å². The Bertz CT molecular complexity index is 455. The molecule has 1 aliphatic rings. The Kier molecular flexibility index (Phi) is 2.95. The summed E-state index contributed by atoms with van der Waals surface area (Å²) in [6, 6.07) is 3.35. The summed E-state index contributed by atoms with van der Waals surface area (Å²) in [5.41, 5.74) is 7.24. The summed E-state index contributed by atoms with van der Waals surface area (Å²) in [6.45, 7) is 2.33. The average Bonchev–Trinajstić information content (AvgIpc) is 2.29. The van der Waals surface area contributed by atoms with Crippen molar-refractivity contribution in [1.82, 2.24) is 15.1 Å². The molecule has 0 spiro atoms. The molecule has 1 aromatic rings. The summed E-state index contributed by atoms with van der Waals surface area (Å²) in [5.74, 6) is 0.380. The second-order valence-corrected chi connectivity index (χ2v) is 4.00. The lowest BCUT2D eigenvalue weighted by atomic mass is 10.0. The predicted molar refractivity (Wildman–Crippen MR) is 63.2 cm³/mol. The van der Waals surface area contributed by atoms with Gasteiger partial charge in [0.05, 0.1) is 11.7 Å². The highest BCUT2D eigenvalue weighted by Crippen LogP contribution is 2.23. The Hall–Kier alpha value is -2.11. The molecule has 0 bridgehead atoms.